The number of aryl methyl sites for hydroxylation is 3. The van der Waals surface area contributed by atoms with Crippen LogP contribution in [0.5, 0.6) is 0 Å². The van der Waals surface area contributed by atoms with Crippen molar-refractivity contribution in [2.45, 2.75) is 33.6 Å². The van der Waals surface area contributed by atoms with E-state index in [1.807, 2.05) is 13.8 Å². The molecular weight excluding hydrogens is 216 g/mol. The molecule has 0 atom stereocenters. The first-order chi connectivity index (χ1) is 7.69. The van der Waals surface area contributed by atoms with Crippen molar-refractivity contribution in [3.8, 4) is 10.6 Å². The van der Waals surface area contributed by atoms with Crippen LogP contribution in [0.1, 0.15) is 30.4 Å². The second kappa shape index (κ2) is 4.74. The smallest absolute Gasteiger partial charge is 0.123 e. The molecule has 0 spiro atoms. The highest BCUT2D eigenvalue weighted by Crippen LogP contribution is 2.25. The van der Waals surface area contributed by atoms with E-state index in [0.717, 1.165) is 29.2 Å². The van der Waals surface area contributed by atoms with Gasteiger partial charge >= 0.3 is 0 Å². The molecule has 0 N–H and O–H groups in total. The Bertz CT molecular complexity index is 468. The monoisotopic (exact) mass is 232 g/mol. The first kappa shape index (κ1) is 11.3. The van der Waals surface area contributed by atoms with Gasteiger partial charge in [-0.1, -0.05) is 13.3 Å². The lowest BCUT2D eigenvalue weighted by molar-refractivity contribution is 0.893. The number of hydrogen-bond acceptors (Lipinski definition) is 3. The lowest BCUT2D eigenvalue weighted by Crippen LogP contribution is -1.88. The maximum atomic E-state index is 4.64. The molecule has 2 nitrogen and oxygen atoms in total. The quantitative estimate of drug-likeness (QED) is 0.805. The minimum absolute atomic E-state index is 1.06. The molecule has 2 rings (SSSR count). The molecule has 2 heterocycles. The summed E-state index contributed by atoms with van der Waals surface area (Å²) < 4.78 is 0. The summed E-state index contributed by atoms with van der Waals surface area (Å²) in [6.07, 6.45) is 2.22. The largest absolute Gasteiger partial charge is 0.258 e. The second-order valence-corrected chi connectivity index (χ2v) is 4.89. The predicted octanol–water partition coefficient (Wildman–Crippen LogP) is 3.77. The van der Waals surface area contributed by atoms with Gasteiger partial charge in [-0.3, -0.25) is 4.98 Å². The van der Waals surface area contributed by atoms with Gasteiger partial charge in [0.15, 0.2) is 0 Å². The number of rotatable bonds is 3. The number of aromatic nitrogens is 2. The van der Waals surface area contributed by atoms with Crippen LogP contribution in [0.25, 0.3) is 10.6 Å². The van der Waals surface area contributed by atoms with Gasteiger partial charge in [-0.25, -0.2) is 4.98 Å². The van der Waals surface area contributed by atoms with Crippen LogP contribution in [0, 0.1) is 13.8 Å². The fraction of sp³-hybridized carbons (Fsp3) is 0.385. The Balaban J connectivity index is 2.34. The Morgan fingerprint density at radius 2 is 1.81 bits per heavy atom. The zero-order valence-corrected chi connectivity index (χ0v) is 10.8. The average molecular weight is 232 g/mol. The van der Waals surface area contributed by atoms with Gasteiger partial charge in [0.05, 0.1) is 5.69 Å². The molecule has 0 saturated heterocycles. The van der Waals surface area contributed by atoms with Crippen molar-refractivity contribution in [3.63, 3.8) is 0 Å². The minimum atomic E-state index is 1.06. The van der Waals surface area contributed by atoms with Gasteiger partial charge in [-0.05, 0) is 32.4 Å². The molecule has 84 valence electrons. The van der Waals surface area contributed by atoms with E-state index in [1.165, 1.54) is 11.3 Å². The molecule has 0 bridgehead atoms. The predicted molar refractivity (Wildman–Crippen MR) is 68.8 cm³/mol. The van der Waals surface area contributed by atoms with Gasteiger partial charge in [0, 0.05) is 22.3 Å². The second-order valence-electron chi connectivity index (χ2n) is 4.03. The molecule has 0 saturated carbocycles. The molecule has 2 aromatic heterocycles. The summed E-state index contributed by atoms with van der Waals surface area (Å²) in [6, 6.07) is 4.20. The van der Waals surface area contributed by atoms with Crippen LogP contribution >= 0.6 is 11.3 Å². The molecule has 0 aliphatic rings. The SMILES string of the molecule is CCCc1csc(-c2cc(C)nc(C)c2)n1. The topological polar surface area (TPSA) is 25.8 Å². The van der Waals surface area contributed by atoms with E-state index in [4.69, 9.17) is 0 Å². The number of nitrogens with zero attached hydrogens (tertiary/aromatic N) is 2. The van der Waals surface area contributed by atoms with Gasteiger partial charge in [-0.15, -0.1) is 11.3 Å². The van der Waals surface area contributed by atoms with Crippen molar-refractivity contribution in [2.24, 2.45) is 0 Å². The fourth-order valence-electron chi connectivity index (χ4n) is 1.77. The van der Waals surface area contributed by atoms with Crippen molar-refractivity contribution >= 4 is 11.3 Å². The fourth-order valence-corrected chi connectivity index (χ4v) is 2.61. The van der Waals surface area contributed by atoms with Crippen LogP contribution in [0.3, 0.4) is 0 Å². The van der Waals surface area contributed by atoms with Crippen LogP contribution in [0.15, 0.2) is 17.5 Å². The van der Waals surface area contributed by atoms with Crippen LogP contribution in [-0.2, 0) is 6.42 Å². The first-order valence-electron chi connectivity index (χ1n) is 5.59. The Hall–Kier alpha value is -1.22. The van der Waals surface area contributed by atoms with Crippen molar-refractivity contribution in [1.82, 2.24) is 9.97 Å². The average Bonchev–Trinajstić information content (AvgIpc) is 2.65. The molecule has 0 amide bonds. The molecule has 0 fully saturated rings. The summed E-state index contributed by atoms with van der Waals surface area (Å²) in [7, 11) is 0. The molecule has 0 aliphatic carbocycles. The van der Waals surface area contributed by atoms with Gasteiger partial charge in [0.2, 0.25) is 0 Å². The third-order valence-corrected chi connectivity index (χ3v) is 3.33. The maximum Gasteiger partial charge on any atom is 0.123 e. The van der Waals surface area contributed by atoms with E-state index in [0.29, 0.717) is 0 Å². The van der Waals surface area contributed by atoms with Gasteiger partial charge in [0.1, 0.15) is 5.01 Å². The van der Waals surface area contributed by atoms with Crippen molar-refractivity contribution in [1.29, 1.82) is 0 Å². The lowest BCUT2D eigenvalue weighted by Gasteiger charge is -2.00. The van der Waals surface area contributed by atoms with Crippen LogP contribution in [0.2, 0.25) is 0 Å². The summed E-state index contributed by atoms with van der Waals surface area (Å²) in [4.78, 5) is 9.02. The summed E-state index contributed by atoms with van der Waals surface area (Å²) in [6.45, 7) is 6.23. The molecule has 16 heavy (non-hydrogen) atoms. The lowest BCUT2D eigenvalue weighted by atomic mass is 10.2. The molecule has 3 heteroatoms. The third kappa shape index (κ3) is 2.47. The number of thiazole rings is 1. The van der Waals surface area contributed by atoms with E-state index in [2.05, 4.69) is 34.4 Å². The normalized spacial score (nSPS) is 10.7. The standard InChI is InChI=1S/C13H16N2S/c1-4-5-12-8-16-13(15-12)11-6-9(2)14-10(3)7-11/h6-8H,4-5H2,1-3H3. The van der Waals surface area contributed by atoms with Gasteiger partial charge in [0.25, 0.3) is 0 Å². The molecule has 0 aliphatic heterocycles. The zero-order chi connectivity index (χ0) is 11.5. The van der Waals surface area contributed by atoms with Crippen molar-refractivity contribution < 1.29 is 0 Å². The molecule has 2 aromatic rings. The number of hydrogen-bond donors (Lipinski definition) is 0. The first-order valence-corrected chi connectivity index (χ1v) is 6.47. The highest BCUT2D eigenvalue weighted by atomic mass is 32.1. The minimum Gasteiger partial charge on any atom is -0.258 e. The molecule has 0 radical (unpaired) electrons. The molecular formula is C13H16N2S. The highest BCUT2D eigenvalue weighted by Gasteiger charge is 2.05. The van der Waals surface area contributed by atoms with E-state index in [9.17, 15) is 0 Å². The highest BCUT2D eigenvalue weighted by molar-refractivity contribution is 7.13. The Morgan fingerprint density at radius 1 is 1.12 bits per heavy atom. The number of pyridine rings is 1. The maximum absolute atomic E-state index is 4.64. The van der Waals surface area contributed by atoms with E-state index < -0.39 is 0 Å². The Morgan fingerprint density at radius 3 is 2.44 bits per heavy atom. The summed E-state index contributed by atoms with van der Waals surface area (Å²) in [5.74, 6) is 0. The zero-order valence-electron chi connectivity index (χ0n) is 9.95. The summed E-state index contributed by atoms with van der Waals surface area (Å²) in [5, 5.41) is 3.27. The molecule has 0 aromatic carbocycles. The Labute approximate surface area is 100 Å². The van der Waals surface area contributed by atoms with E-state index in [1.54, 1.807) is 11.3 Å². The van der Waals surface area contributed by atoms with Gasteiger partial charge in [-0.2, -0.15) is 0 Å². The van der Waals surface area contributed by atoms with Crippen LogP contribution in [0.4, 0.5) is 0 Å². The van der Waals surface area contributed by atoms with Gasteiger partial charge < -0.3 is 0 Å². The summed E-state index contributed by atoms with van der Waals surface area (Å²) >= 11 is 1.72. The van der Waals surface area contributed by atoms with Crippen molar-refractivity contribution in [3.05, 3.63) is 34.6 Å². The van der Waals surface area contributed by atoms with Crippen LogP contribution in [-0.4, -0.2) is 9.97 Å². The van der Waals surface area contributed by atoms with E-state index in [-0.39, 0.29) is 0 Å². The van der Waals surface area contributed by atoms with Crippen LogP contribution < -0.4 is 0 Å². The van der Waals surface area contributed by atoms with Crippen molar-refractivity contribution in [2.75, 3.05) is 0 Å². The third-order valence-electron chi connectivity index (χ3n) is 2.39. The Kier molecular flexibility index (Phi) is 3.34. The van der Waals surface area contributed by atoms with E-state index >= 15 is 0 Å². The molecule has 0 unspecified atom stereocenters. The summed E-state index contributed by atoms with van der Waals surface area (Å²) in [5.41, 5.74) is 4.51.